The minimum Gasteiger partial charge on any atom is -0.436 e. The lowest BCUT2D eigenvalue weighted by molar-refractivity contribution is 0.620. The molecule has 0 aliphatic heterocycles. The second-order valence-electron chi connectivity index (χ2n) is 11.6. The van der Waals surface area contributed by atoms with E-state index in [4.69, 9.17) is 19.4 Å². The fourth-order valence-corrected chi connectivity index (χ4v) is 6.57. The summed E-state index contributed by atoms with van der Waals surface area (Å²) in [5.74, 6) is 1.29. The molecule has 4 heteroatoms. The highest BCUT2D eigenvalue weighted by Crippen LogP contribution is 2.44. The van der Waals surface area contributed by atoms with Crippen LogP contribution >= 0.6 is 0 Å². The van der Waals surface area contributed by atoms with Crippen LogP contribution in [0.4, 0.5) is 0 Å². The van der Waals surface area contributed by atoms with Gasteiger partial charge in [0.05, 0.1) is 11.2 Å². The smallest absolute Gasteiger partial charge is 0.227 e. The molecule has 2 heterocycles. The summed E-state index contributed by atoms with van der Waals surface area (Å²) >= 11 is 0. The molecule has 0 unspecified atom stereocenters. The van der Waals surface area contributed by atoms with Crippen LogP contribution in [0.1, 0.15) is 0 Å². The van der Waals surface area contributed by atoms with Gasteiger partial charge >= 0.3 is 0 Å². The number of oxazole rings is 1. The minimum atomic E-state index is 0.605. The molecule has 0 N–H and O–H groups in total. The average molecular weight is 602 g/mol. The molecule has 2 aromatic heterocycles. The Bertz CT molecular complexity index is 2570. The van der Waals surface area contributed by atoms with Crippen LogP contribution in [0.25, 0.3) is 89.1 Å². The van der Waals surface area contributed by atoms with E-state index in [1.807, 2.05) is 60.7 Å². The molecule has 0 amide bonds. The van der Waals surface area contributed by atoms with Crippen molar-refractivity contribution in [3.63, 3.8) is 0 Å². The average Bonchev–Trinajstić information content (AvgIpc) is 3.60. The summed E-state index contributed by atoms with van der Waals surface area (Å²) in [5, 5.41) is 3.32. The maximum absolute atomic E-state index is 6.31. The monoisotopic (exact) mass is 601 g/mol. The normalized spacial score (nSPS) is 11.4. The van der Waals surface area contributed by atoms with Gasteiger partial charge in [0, 0.05) is 27.6 Å². The molecule has 7 aromatic carbocycles. The maximum atomic E-state index is 6.31. The molecule has 0 atom stereocenters. The summed E-state index contributed by atoms with van der Waals surface area (Å²) in [6, 6.07) is 56.2. The van der Waals surface area contributed by atoms with Crippen LogP contribution in [0.2, 0.25) is 0 Å². The Kier molecular flexibility index (Phi) is 6.43. The zero-order valence-electron chi connectivity index (χ0n) is 25.3. The second-order valence-corrected chi connectivity index (χ2v) is 11.6. The minimum absolute atomic E-state index is 0.605. The lowest BCUT2D eigenvalue weighted by Crippen LogP contribution is -1.98. The van der Waals surface area contributed by atoms with E-state index in [1.165, 1.54) is 0 Å². The van der Waals surface area contributed by atoms with Crippen LogP contribution in [0.5, 0.6) is 0 Å². The second kappa shape index (κ2) is 11.2. The molecule has 47 heavy (non-hydrogen) atoms. The predicted octanol–water partition coefficient (Wildman–Crippen LogP) is 11.3. The van der Waals surface area contributed by atoms with E-state index in [1.54, 1.807) is 0 Å². The van der Waals surface area contributed by atoms with Gasteiger partial charge in [-0.25, -0.2) is 15.0 Å². The van der Waals surface area contributed by atoms with Gasteiger partial charge in [0.25, 0.3) is 0 Å². The van der Waals surface area contributed by atoms with E-state index in [9.17, 15) is 0 Å². The standard InChI is InChI=1S/C43H27N3O/c1-3-15-29(16-4-1)40-36-22-11-12-24-37(36)44-42(45-40)35-21-10-9-20-32(35)39-31-19-8-7-14-28(31)26-27-33(39)34-23-13-25-38-41(34)46-43(47-38)30-17-5-2-6-18-30/h1-27H. The van der Waals surface area contributed by atoms with E-state index in [0.717, 1.165) is 77.4 Å². The third-order valence-corrected chi connectivity index (χ3v) is 8.75. The molecule has 9 aromatic rings. The van der Waals surface area contributed by atoms with Crippen molar-refractivity contribution in [1.29, 1.82) is 0 Å². The molecule has 0 spiro atoms. The molecule has 0 fully saturated rings. The number of benzene rings is 7. The molecule has 0 radical (unpaired) electrons. The Morgan fingerprint density at radius 1 is 0.404 bits per heavy atom. The number of hydrogen-bond acceptors (Lipinski definition) is 4. The lowest BCUT2D eigenvalue weighted by atomic mass is 9.87. The number of hydrogen-bond donors (Lipinski definition) is 0. The van der Waals surface area contributed by atoms with Crippen molar-refractivity contribution in [2.24, 2.45) is 0 Å². The van der Waals surface area contributed by atoms with Crippen LogP contribution in [0, 0.1) is 0 Å². The molecule has 0 bridgehead atoms. The van der Waals surface area contributed by atoms with Crippen molar-refractivity contribution in [2.75, 3.05) is 0 Å². The van der Waals surface area contributed by atoms with Gasteiger partial charge in [0.15, 0.2) is 11.4 Å². The summed E-state index contributed by atoms with van der Waals surface area (Å²) in [5.41, 5.74) is 10.6. The first-order chi connectivity index (χ1) is 23.3. The van der Waals surface area contributed by atoms with Crippen molar-refractivity contribution < 1.29 is 4.42 Å². The van der Waals surface area contributed by atoms with Crippen molar-refractivity contribution in [3.8, 4) is 56.4 Å². The van der Waals surface area contributed by atoms with Gasteiger partial charge in [0.1, 0.15) is 5.52 Å². The zero-order chi connectivity index (χ0) is 31.2. The summed E-state index contributed by atoms with van der Waals surface area (Å²) in [6.07, 6.45) is 0. The summed E-state index contributed by atoms with van der Waals surface area (Å²) in [6.45, 7) is 0. The number of rotatable bonds is 5. The van der Waals surface area contributed by atoms with E-state index in [-0.39, 0.29) is 0 Å². The number of nitrogens with zero attached hydrogens (tertiary/aromatic N) is 3. The van der Waals surface area contributed by atoms with Gasteiger partial charge in [-0.2, -0.15) is 0 Å². The highest BCUT2D eigenvalue weighted by Gasteiger charge is 2.21. The molecule has 9 rings (SSSR count). The summed E-state index contributed by atoms with van der Waals surface area (Å²) < 4.78 is 6.31. The van der Waals surface area contributed by atoms with Crippen LogP contribution in [0.3, 0.4) is 0 Å². The summed E-state index contributed by atoms with van der Waals surface area (Å²) in [4.78, 5) is 15.4. The fraction of sp³-hybridized carbons (Fsp3) is 0. The van der Waals surface area contributed by atoms with Crippen molar-refractivity contribution >= 4 is 32.8 Å². The van der Waals surface area contributed by atoms with Crippen LogP contribution in [0.15, 0.2) is 168 Å². The molecular weight excluding hydrogens is 574 g/mol. The lowest BCUT2D eigenvalue weighted by Gasteiger charge is -2.18. The van der Waals surface area contributed by atoms with Crippen molar-refractivity contribution in [2.45, 2.75) is 0 Å². The molecular formula is C43H27N3O. The van der Waals surface area contributed by atoms with Crippen LogP contribution in [-0.2, 0) is 0 Å². The largest absolute Gasteiger partial charge is 0.436 e. The molecule has 220 valence electrons. The van der Waals surface area contributed by atoms with Crippen LogP contribution < -0.4 is 0 Å². The highest BCUT2D eigenvalue weighted by molar-refractivity contribution is 6.10. The Hall–Kier alpha value is -6.39. The molecule has 0 aliphatic rings. The fourth-order valence-electron chi connectivity index (χ4n) is 6.57. The van der Waals surface area contributed by atoms with E-state index >= 15 is 0 Å². The molecule has 0 aliphatic carbocycles. The van der Waals surface area contributed by atoms with Gasteiger partial charge in [-0.15, -0.1) is 0 Å². The molecule has 4 nitrogen and oxygen atoms in total. The number of aromatic nitrogens is 3. The van der Waals surface area contributed by atoms with Gasteiger partial charge in [-0.3, -0.25) is 0 Å². The van der Waals surface area contributed by atoms with Gasteiger partial charge in [-0.05, 0) is 51.7 Å². The maximum Gasteiger partial charge on any atom is 0.227 e. The number of para-hydroxylation sites is 2. The third kappa shape index (κ3) is 4.66. The quantitative estimate of drug-likeness (QED) is 0.197. The van der Waals surface area contributed by atoms with Gasteiger partial charge in [0.2, 0.25) is 5.89 Å². The summed E-state index contributed by atoms with van der Waals surface area (Å²) in [7, 11) is 0. The SMILES string of the molecule is c1ccc(-c2nc3c(-c4ccc5ccccc5c4-c4ccccc4-c4nc(-c5ccccc5)c5ccccc5n4)cccc3o2)cc1. The van der Waals surface area contributed by atoms with Crippen molar-refractivity contribution in [3.05, 3.63) is 164 Å². The van der Waals surface area contributed by atoms with Gasteiger partial charge < -0.3 is 4.42 Å². The first-order valence-corrected chi connectivity index (χ1v) is 15.7. The third-order valence-electron chi connectivity index (χ3n) is 8.75. The van der Waals surface area contributed by atoms with E-state index < -0.39 is 0 Å². The topological polar surface area (TPSA) is 51.8 Å². The van der Waals surface area contributed by atoms with Gasteiger partial charge in [-0.1, -0.05) is 140 Å². The Morgan fingerprint density at radius 2 is 1.06 bits per heavy atom. The Balaban J connectivity index is 1.32. The molecule has 0 saturated carbocycles. The van der Waals surface area contributed by atoms with E-state index in [2.05, 4.69) is 103 Å². The van der Waals surface area contributed by atoms with Crippen LogP contribution in [-0.4, -0.2) is 15.0 Å². The van der Waals surface area contributed by atoms with Crippen molar-refractivity contribution in [1.82, 2.24) is 15.0 Å². The predicted molar refractivity (Wildman–Crippen MR) is 192 cm³/mol. The molecule has 0 saturated heterocycles. The Morgan fingerprint density at radius 3 is 1.89 bits per heavy atom. The highest BCUT2D eigenvalue weighted by atomic mass is 16.3. The van der Waals surface area contributed by atoms with E-state index in [0.29, 0.717) is 11.7 Å². The first kappa shape index (κ1) is 27.0. The Labute approximate surface area is 271 Å². The number of fused-ring (bicyclic) bond motifs is 3. The zero-order valence-corrected chi connectivity index (χ0v) is 25.3. The first-order valence-electron chi connectivity index (χ1n) is 15.7.